The van der Waals surface area contributed by atoms with E-state index < -0.39 is 0 Å². The highest BCUT2D eigenvalue weighted by molar-refractivity contribution is 5.85. The first-order valence-corrected chi connectivity index (χ1v) is 7.28. The van der Waals surface area contributed by atoms with E-state index in [0.717, 1.165) is 19.5 Å². The van der Waals surface area contributed by atoms with Crippen LogP contribution >= 0.6 is 12.4 Å². The van der Waals surface area contributed by atoms with E-state index in [1.54, 1.807) is 0 Å². The van der Waals surface area contributed by atoms with Crippen LogP contribution in [0.15, 0.2) is 24.3 Å². The van der Waals surface area contributed by atoms with Crippen LogP contribution in [0.25, 0.3) is 0 Å². The van der Waals surface area contributed by atoms with E-state index in [0.29, 0.717) is 12.0 Å². The Morgan fingerprint density at radius 3 is 2.58 bits per heavy atom. The molecule has 1 fully saturated rings. The molecule has 1 heterocycles. The van der Waals surface area contributed by atoms with Crippen molar-refractivity contribution >= 4 is 18.1 Å². The minimum atomic E-state index is 0. The van der Waals surface area contributed by atoms with Crippen molar-refractivity contribution < 1.29 is 0 Å². The van der Waals surface area contributed by atoms with Crippen LogP contribution in [0.2, 0.25) is 0 Å². The molecular weight excluding hydrogens is 256 g/mol. The van der Waals surface area contributed by atoms with Gasteiger partial charge in [-0.3, -0.25) is 0 Å². The van der Waals surface area contributed by atoms with Gasteiger partial charge in [0, 0.05) is 24.8 Å². The molecule has 1 aliphatic rings. The number of unbranched alkanes of at least 4 members (excludes halogenated alkanes) is 1. The summed E-state index contributed by atoms with van der Waals surface area (Å²) in [4.78, 5) is 2.50. The number of nitrogens with zero attached hydrogens (tertiary/aromatic N) is 1. The molecule has 0 spiro atoms. The Balaban J connectivity index is 0.00000180. The first-order chi connectivity index (χ1) is 8.70. The molecule has 1 aromatic carbocycles. The lowest BCUT2D eigenvalue weighted by Gasteiger charge is -2.38. The van der Waals surface area contributed by atoms with E-state index in [2.05, 4.69) is 43.0 Å². The predicted molar refractivity (Wildman–Crippen MR) is 86.2 cm³/mol. The number of halogens is 1. The van der Waals surface area contributed by atoms with Crippen molar-refractivity contribution in [3.05, 3.63) is 29.8 Å². The molecule has 108 valence electrons. The number of hydrogen-bond acceptors (Lipinski definition) is 2. The lowest BCUT2D eigenvalue weighted by molar-refractivity contribution is 0.330. The van der Waals surface area contributed by atoms with Crippen LogP contribution in [0, 0.1) is 12.8 Å². The van der Waals surface area contributed by atoms with Gasteiger partial charge >= 0.3 is 0 Å². The number of rotatable bonds is 4. The number of hydrogen-bond donors (Lipinski definition) is 1. The van der Waals surface area contributed by atoms with E-state index in [-0.39, 0.29) is 12.4 Å². The quantitative estimate of drug-likeness (QED) is 0.911. The summed E-state index contributed by atoms with van der Waals surface area (Å²) in [7, 11) is 0. The van der Waals surface area contributed by atoms with Gasteiger partial charge < -0.3 is 10.6 Å². The molecule has 0 amide bonds. The highest BCUT2D eigenvalue weighted by atomic mass is 35.5. The fourth-order valence-electron chi connectivity index (χ4n) is 2.81. The highest BCUT2D eigenvalue weighted by Crippen LogP contribution is 2.25. The zero-order chi connectivity index (χ0) is 13.0. The molecule has 2 rings (SSSR count). The Hall–Kier alpha value is -0.730. The summed E-state index contributed by atoms with van der Waals surface area (Å²) in [6, 6.07) is 9.28. The number of benzene rings is 1. The second kappa shape index (κ2) is 7.76. The maximum atomic E-state index is 6.26. The third-order valence-electron chi connectivity index (χ3n) is 4.12. The Morgan fingerprint density at radius 1 is 1.26 bits per heavy atom. The zero-order valence-electron chi connectivity index (χ0n) is 12.1. The van der Waals surface area contributed by atoms with Gasteiger partial charge in [0.15, 0.2) is 0 Å². The van der Waals surface area contributed by atoms with E-state index >= 15 is 0 Å². The van der Waals surface area contributed by atoms with Gasteiger partial charge in [-0.1, -0.05) is 37.5 Å². The highest BCUT2D eigenvalue weighted by Gasteiger charge is 2.26. The summed E-state index contributed by atoms with van der Waals surface area (Å²) in [5.41, 5.74) is 8.94. The molecule has 0 radical (unpaired) electrons. The fraction of sp³-hybridized carbons (Fsp3) is 0.625. The van der Waals surface area contributed by atoms with Gasteiger partial charge in [0.1, 0.15) is 0 Å². The van der Waals surface area contributed by atoms with Gasteiger partial charge in [0.25, 0.3) is 0 Å². The van der Waals surface area contributed by atoms with Crippen LogP contribution in [0.1, 0.15) is 38.2 Å². The van der Waals surface area contributed by atoms with Crippen LogP contribution in [0.5, 0.6) is 0 Å². The second-order valence-electron chi connectivity index (χ2n) is 5.64. The summed E-state index contributed by atoms with van der Waals surface area (Å²) in [6.07, 6.45) is 4.98. The van der Waals surface area contributed by atoms with Crippen molar-refractivity contribution in [2.75, 3.05) is 18.0 Å². The second-order valence-corrected chi connectivity index (χ2v) is 5.64. The summed E-state index contributed by atoms with van der Waals surface area (Å²) in [5, 5.41) is 0. The zero-order valence-corrected chi connectivity index (χ0v) is 13.0. The molecule has 0 aromatic heterocycles. The van der Waals surface area contributed by atoms with E-state index in [4.69, 9.17) is 5.73 Å². The standard InChI is InChI=1S/C16H26N2.ClH/c1-3-4-5-14-12-18(11-10-16(14)17)15-8-6-13(2)7-9-15;/h6-9,14,16H,3-5,10-12,17H2,1-2H3;1H/t14-,16-;/m1./s1. The molecule has 2 N–H and O–H groups in total. The van der Waals surface area contributed by atoms with Crippen LogP contribution in [-0.2, 0) is 0 Å². The predicted octanol–water partition coefficient (Wildman–Crippen LogP) is 3.76. The van der Waals surface area contributed by atoms with Gasteiger partial charge in [-0.25, -0.2) is 0 Å². The molecule has 0 bridgehead atoms. The summed E-state index contributed by atoms with van der Waals surface area (Å²) in [5.74, 6) is 0.667. The summed E-state index contributed by atoms with van der Waals surface area (Å²) in [6.45, 7) is 6.63. The number of piperidine rings is 1. The fourth-order valence-corrected chi connectivity index (χ4v) is 2.81. The molecule has 19 heavy (non-hydrogen) atoms. The molecular formula is C16H27ClN2. The molecule has 0 saturated carbocycles. The smallest absolute Gasteiger partial charge is 0.0366 e. The maximum Gasteiger partial charge on any atom is 0.0366 e. The molecule has 0 unspecified atom stereocenters. The van der Waals surface area contributed by atoms with E-state index in [1.807, 2.05) is 0 Å². The molecule has 0 aliphatic carbocycles. The Morgan fingerprint density at radius 2 is 1.95 bits per heavy atom. The van der Waals surface area contributed by atoms with Crippen LogP contribution in [0.4, 0.5) is 5.69 Å². The average molecular weight is 283 g/mol. The molecule has 2 nitrogen and oxygen atoms in total. The molecule has 3 heteroatoms. The molecule has 1 saturated heterocycles. The minimum Gasteiger partial charge on any atom is -0.371 e. The summed E-state index contributed by atoms with van der Waals surface area (Å²) < 4.78 is 0. The molecule has 2 atom stereocenters. The van der Waals surface area contributed by atoms with E-state index in [9.17, 15) is 0 Å². The Kier molecular flexibility index (Phi) is 6.67. The maximum absolute atomic E-state index is 6.26. The number of anilines is 1. The van der Waals surface area contributed by atoms with Crippen LogP contribution < -0.4 is 10.6 Å². The SMILES string of the molecule is CCCC[C@@H]1CN(c2ccc(C)cc2)CC[C@H]1N.Cl. The van der Waals surface area contributed by atoms with Crippen LogP contribution in [-0.4, -0.2) is 19.1 Å². The third-order valence-corrected chi connectivity index (χ3v) is 4.12. The van der Waals surface area contributed by atoms with Crippen molar-refractivity contribution in [2.45, 2.75) is 45.6 Å². The Bertz CT molecular complexity index is 364. The van der Waals surface area contributed by atoms with Gasteiger partial charge in [-0.2, -0.15) is 0 Å². The van der Waals surface area contributed by atoms with Crippen molar-refractivity contribution in [1.82, 2.24) is 0 Å². The van der Waals surface area contributed by atoms with Crippen molar-refractivity contribution in [3.63, 3.8) is 0 Å². The average Bonchev–Trinajstić information content (AvgIpc) is 2.39. The van der Waals surface area contributed by atoms with Gasteiger partial charge in [0.2, 0.25) is 0 Å². The lowest BCUT2D eigenvalue weighted by atomic mass is 9.88. The van der Waals surface area contributed by atoms with Crippen molar-refractivity contribution in [1.29, 1.82) is 0 Å². The topological polar surface area (TPSA) is 29.3 Å². The van der Waals surface area contributed by atoms with Crippen LogP contribution in [0.3, 0.4) is 0 Å². The van der Waals surface area contributed by atoms with Gasteiger partial charge in [0.05, 0.1) is 0 Å². The first-order valence-electron chi connectivity index (χ1n) is 7.28. The lowest BCUT2D eigenvalue weighted by Crippen LogP contribution is -2.47. The number of aryl methyl sites for hydroxylation is 1. The van der Waals surface area contributed by atoms with Gasteiger partial charge in [-0.05, 0) is 37.8 Å². The number of nitrogens with two attached hydrogens (primary N) is 1. The normalized spacial score (nSPS) is 23.0. The first kappa shape index (κ1) is 16.3. The molecule has 1 aromatic rings. The Labute approximate surface area is 123 Å². The minimum absolute atomic E-state index is 0. The summed E-state index contributed by atoms with van der Waals surface area (Å²) >= 11 is 0. The third kappa shape index (κ3) is 4.39. The van der Waals surface area contributed by atoms with Gasteiger partial charge in [-0.15, -0.1) is 12.4 Å². The van der Waals surface area contributed by atoms with Crippen molar-refractivity contribution in [3.8, 4) is 0 Å². The molecule has 1 aliphatic heterocycles. The monoisotopic (exact) mass is 282 g/mol. The van der Waals surface area contributed by atoms with E-state index in [1.165, 1.54) is 30.5 Å². The van der Waals surface area contributed by atoms with Crippen molar-refractivity contribution in [2.24, 2.45) is 11.7 Å². The largest absolute Gasteiger partial charge is 0.371 e.